The van der Waals surface area contributed by atoms with Crippen LogP contribution in [0.25, 0.3) is 0 Å². The van der Waals surface area contributed by atoms with Crippen molar-refractivity contribution in [1.82, 2.24) is 4.90 Å². The molecular formula is C11H21NO2. The second-order valence-electron chi connectivity index (χ2n) is 4.65. The number of hydrogen-bond donors (Lipinski definition) is 1. The first-order chi connectivity index (χ1) is 6.50. The van der Waals surface area contributed by atoms with E-state index in [9.17, 15) is 9.90 Å². The third kappa shape index (κ3) is 3.07. The van der Waals surface area contributed by atoms with Gasteiger partial charge in [-0.25, -0.2) is 0 Å². The average molecular weight is 199 g/mol. The van der Waals surface area contributed by atoms with Gasteiger partial charge in [0.15, 0.2) is 0 Å². The molecule has 2 atom stereocenters. The van der Waals surface area contributed by atoms with E-state index in [-0.39, 0.29) is 12.0 Å². The minimum absolute atomic E-state index is 0.126. The van der Waals surface area contributed by atoms with Gasteiger partial charge in [-0.15, -0.1) is 0 Å². The number of aliphatic hydroxyl groups is 1. The molecule has 0 aliphatic carbocycles. The molecule has 1 fully saturated rings. The minimum atomic E-state index is -0.242. The number of hydrogen-bond acceptors (Lipinski definition) is 3. The van der Waals surface area contributed by atoms with Crippen LogP contribution in [0.5, 0.6) is 0 Å². The molecule has 1 aliphatic heterocycles. The maximum atomic E-state index is 11.5. The van der Waals surface area contributed by atoms with Crippen molar-refractivity contribution in [1.29, 1.82) is 0 Å². The molecule has 0 aromatic rings. The maximum Gasteiger partial charge on any atom is 0.149 e. The van der Waals surface area contributed by atoms with Crippen molar-refractivity contribution >= 4 is 5.78 Å². The smallest absolute Gasteiger partial charge is 0.149 e. The summed E-state index contributed by atoms with van der Waals surface area (Å²) in [5.74, 6) is 0.784. The molecule has 1 aliphatic rings. The summed E-state index contributed by atoms with van der Waals surface area (Å²) in [5.41, 5.74) is 0. The first-order valence-electron chi connectivity index (χ1n) is 5.44. The first-order valence-corrected chi connectivity index (χ1v) is 5.44. The Morgan fingerprint density at radius 1 is 1.50 bits per heavy atom. The van der Waals surface area contributed by atoms with Gasteiger partial charge in [-0.1, -0.05) is 13.8 Å². The maximum absolute atomic E-state index is 11.5. The van der Waals surface area contributed by atoms with E-state index < -0.39 is 0 Å². The van der Waals surface area contributed by atoms with Gasteiger partial charge in [0.05, 0.1) is 12.6 Å². The lowest BCUT2D eigenvalue weighted by Gasteiger charge is -2.17. The number of aliphatic hydroxyl groups excluding tert-OH is 1. The van der Waals surface area contributed by atoms with Crippen LogP contribution in [0.3, 0.4) is 0 Å². The van der Waals surface area contributed by atoms with E-state index in [2.05, 4.69) is 4.90 Å². The monoisotopic (exact) mass is 199 g/mol. The highest BCUT2D eigenvalue weighted by Crippen LogP contribution is 2.19. The molecule has 3 heteroatoms. The van der Waals surface area contributed by atoms with Gasteiger partial charge in [-0.2, -0.15) is 0 Å². The van der Waals surface area contributed by atoms with Gasteiger partial charge < -0.3 is 5.11 Å². The third-order valence-electron chi connectivity index (χ3n) is 3.01. The number of ketones is 1. The molecule has 0 aromatic carbocycles. The van der Waals surface area contributed by atoms with Gasteiger partial charge in [0, 0.05) is 12.5 Å². The molecule has 1 N–H and O–H groups in total. The molecule has 1 heterocycles. The van der Waals surface area contributed by atoms with Gasteiger partial charge in [0.2, 0.25) is 0 Å². The fourth-order valence-corrected chi connectivity index (χ4v) is 1.80. The fourth-order valence-electron chi connectivity index (χ4n) is 1.80. The third-order valence-corrected chi connectivity index (χ3v) is 3.01. The highest BCUT2D eigenvalue weighted by molar-refractivity contribution is 5.82. The number of carbonyl (C=O) groups is 1. The molecule has 0 radical (unpaired) electrons. The zero-order valence-electron chi connectivity index (χ0n) is 9.36. The Morgan fingerprint density at radius 2 is 2.14 bits per heavy atom. The Bertz CT molecular complexity index is 201. The van der Waals surface area contributed by atoms with Crippen LogP contribution in [0.2, 0.25) is 0 Å². The lowest BCUT2D eigenvalue weighted by molar-refractivity contribution is -0.122. The van der Waals surface area contributed by atoms with Crippen molar-refractivity contribution in [2.45, 2.75) is 33.3 Å². The fraction of sp³-hybridized carbons (Fsp3) is 0.909. The zero-order chi connectivity index (χ0) is 10.7. The number of Topliss-reactive ketones (excluding diaryl/α,β-unsaturated/α-hetero) is 1. The number of nitrogens with zero attached hydrogens (tertiary/aromatic N) is 1. The second kappa shape index (κ2) is 4.89. The van der Waals surface area contributed by atoms with E-state index in [1.807, 2.05) is 20.8 Å². The number of likely N-dealkylation sites (tertiary alicyclic amines) is 1. The predicted molar refractivity (Wildman–Crippen MR) is 56.1 cm³/mol. The van der Waals surface area contributed by atoms with Gasteiger partial charge in [-0.3, -0.25) is 9.69 Å². The molecule has 0 bridgehead atoms. The lowest BCUT2D eigenvalue weighted by atomic mass is 10.0. The van der Waals surface area contributed by atoms with Gasteiger partial charge >= 0.3 is 0 Å². The van der Waals surface area contributed by atoms with Crippen molar-refractivity contribution in [3.8, 4) is 0 Å². The van der Waals surface area contributed by atoms with E-state index in [1.54, 1.807) is 0 Å². The minimum Gasteiger partial charge on any atom is -0.393 e. The molecule has 0 amide bonds. The Kier molecular flexibility index (Phi) is 4.08. The van der Waals surface area contributed by atoms with Crippen molar-refractivity contribution < 1.29 is 9.90 Å². The van der Waals surface area contributed by atoms with Crippen molar-refractivity contribution in [2.24, 2.45) is 11.8 Å². The van der Waals surface area contributed by atoms with E-state index >= 15 is 0 Å². The van der Waals surface area contributed by atoms with Gasteiger partial charge in [0.1, 0.15) is 5.78 Å². The molecule has 2 unspecified atom stereocenters. The number of carbonyl (C=O) groups excluding carboxylic acids is 1. The van der Waals surface area contributed by atoms with Gasteiger partial charge in [-0.05, 0) is 25.8 Å². The summed E-state index contributed by atoms with van der Waals surface area (Å²) in [5, 5.41) is 9.40. The van der Waals surface area contributed by atoms with Gasteiger partial charge in [0.25, 0.3) is 0 Å². The second-order valence-corrected chi connectivity index (χ2v) is 4.65. The topological polar surface area (TPSA) is 40.5 Å². The van der Waals surface area contributed by atoms with Crippen LogP contribution in [0, 0.1) is 11.8 Å². The van der Waals surface area contributed by atoms with Crippen LogP contribution in [-0.2, 0) is 4.79 Å². The van der Waals surface area contributed by atoms with E-state index in [4.69, 9.17) is 0 Å². The molecular weight excluding hydrogens is 178 g/mol. The van der Waals surface area contributed by atoms with E-state index in [0.29, 0.717) is 18.2 Å². The lowest BCUT2D eigenvalue weighted by Crippen LogP contribution is -2.31. The molecule has 3 nitrogen and oxygen atoms in total. The van der Waals surface area contributed by atoms with Crippen molar-refractivity contribution in [3.05, 3.63) is 0 Å². The molecule has 14 heavy (non-hydrogen) atoms. The Labute approximate surface area is 86.1 Å². The summed E-state index contributed by atoms with van der Waals surface area (Å²) in [6, 6.07) is 0. The van der Waals surface area contributed by atoms with E-state index in [1.165, 1.54) is 0 Å². The summed E-state index contributed by atoms with van der Waals surface area (Å²) in [7, 11) is 0. The average Bonchev–Trinajstić information content (AvgIpc) is 2.52. The highest BCUT2D eigenvalue weighted by atomic mass is 16.3. The largest absolute Gasteiger partial charge is 0.393 e. The van der Waals surface area contributed by atoms with Crippen LogP contribution in [0.15, 0.2) is 0 Å². The Morgan fingerprint density at radius 3 is 2.57 bits per heavy atom. The first kappa shape index (κ1) is 11.7. The van der Waals surface area contributed by atoms with Crippen LogP contribution in [-0.4, -0.2) is 41.5 Å². The molecule has 0 saturated carbocycles. The molecule has 82 valence electrons. The number of rotatable bonds is 4. The molecule has 1 rings (SSSR count). The van der Waals surface area contributed by atoms with Crippen LogP contribution in [0.4, 0.5) is 0 Å². The molecule has 1 saturated heterocycles. The summed E-state index contributed by atoms with van der Waals surface area (Å²) in [6.45, 7) is 8.08. The SMILES string of the molecule is CC(C)C(=O)CN1CCC(C(C)O)C1. The normalized spacial score (nSPS) is 25.6. The predicted octanol–water partition coefficient (Wildman–Crippen LogP) is 0.914. The summed E-state index contributed by atoms with van der Waals surface area (Å²) >= 11 is 0. The zero-order valence-corrected chi connectivity index (χ0v) is 9.36. The summed E-state index contributed by atoms with van der Waals surface area (Å²) in [6.07, 6.45) is 0.775. The van der Waals surface area contributed by atoms with Crippen LogP contribution in [0.1, 0.15) is 27.2 Å². The summed E-state index contributed by atoms with van der Waals surface area (Å²) in [4.78, 5) is 13.6. The highest BCUT2D eigenvalue weighted by Gasteiger charge is 2.27. The Balaban J connectivity index is 2.32. The van der Waals surface area contributed by atoms with Crippen LogP contribution < -0.4 is 0 Å². The quantitative estimate of drug-likeness (QED) is 0.731. The van der Waals surface area contributed by atoms with Crippen molar-refractivity contribution in [2.75, 3.05) is 19.6 Å². The molecule has 0 aromatic heterocycles. The van der Waals surface area contributed by atoms with E-state index in [0.717, 1.165) is 19.5 Å². The molecule has 0 spiro atoms. The van der Waals surface area contributed by atoms with Crippen LogP contribution >= 0.6 is 0 Å². The standard InChI is InChI=1S/C11H21NO2/c1-8(2)11(14)7-12-5-4-10(6-12)9(3)13/h8-10,13H,4-7H2,1-3H3. The Hall–Kier alpha value is -0.410. The summed E-state index contributed by atoms with van der Waals surface area (Å²) < 4.78 is 0. The van der Waals surface area contributed by atoms with Crippen molar-refractivity contribution in [3.63, 3.8) is 0 Å².